The molecule has 0 saturated heterocycles. The molecule has 0 radical (unpaired) electrons. The Morgan fingerprint density at radius 3 is 2.69 bits per heavy atom. The molecule has 88 valence electrons. The normalized spacial score (nSPS) is 9.94. The molecule has 0 amide bonds. The van der Waals surface area contributed by atoms with Crippen molar-refractivity contribution in [2.24, 2.45) is 0 Å². The molecule has 0 unspecified atom stereocenters. The van der Waals surface area contributed by atoms with Gasteiger partial charge in [-0.1, -0.05) is 12.1 Å². The third-order valence-electron chi connectivity index (χ3n) is 2.38. The fourth-order valence-electron chi connectivity index (χ4n) is 1.58. The van der Waals surface area contributed by atoms with Gasteiger partial charge >= 0.3 is 5.97 Å². The maximum atomic E-state index is 11.2. The van der Waals surface area contributed by atoms with Crippen molar-refractivity contribution in [2.75, 3.05) is 13.7 Å². The van der Waals surface area contributed by atoms with E-state index < -0.39 is 0 Å². The van der Waals surface area contributed by atoms with Crippen molar-refractivity contribution < 1.29 is 14.3 Å². The Balaban J connectivity index is 2.55. The van der Waals surface area contributed by atoms with Crippen LogP contribution in [0.5, 0.6) is 5.75 Å². The Hall–Kier alpha value is -1.51. The number of carbonyl (C=O) groups is 1. The molecule has 0 heterocycles. The largest absolute Gasteiger partial charge is 0.496 e. The van der Waals surface area contributed by atoms with E-state index in [1.807, 2.05) is 32.0 Å². The van der Waals surface area contributed by atoms with Crippen LogP contribution in [-0.4, -0.2) is 19.7 Å². The second kappa shape index (κ2) is 6.16. The molecule has 0 spiro atoms. The number of hydrogen-bond donors (Lipinski definition) is 0. The molecule has 3 heteroatoms. The van der Waals surface area contributed by atoms with Crippen molar-refractivity contribution in [3.63, 3.8) is 0 Å². The van der Waals surface area contributed by atoms with E-state index in [0.717, 1.165) is 16.9 Å². The topological polar surface area (TPSA) is 35.5 Å². The number of methoxy groups -OCH3 is 1. The Kier molecular flexibility index (Phi) is 4.83. The highest BCUT2D eigenvalue weighted by Gasteiger charge is 2.04. The van der Waals surface area contributed by atoms with E-state index in [1.54, 1.807) is 7.11 Å². The van der Waals surface area contributed by atoms with Crippen molar-refractivity contribution in [2.45, 2.75) is 26.7 Å². The molecule has 1 rings (SSSR count). The highest BCUT2D eigenvalue weighted by atomic mass is 16.5. The maximum absolute atomic E-state index is 11.2. The Morgan fingerprint density at radius 1 is 1.38 bits per heavy atom. The molecule has 16 heavy (non-hydrogen) atoms. The van der Waals surface area contributed by atoms with Gasteiger partial charge in [0.2, 0.25) is 0 Å². The summed E-state index contributed by atoms with van der Waals surface area (Å²) in [6, 6.07) is 5.94. The van der Waals surface area contributed by atoms with Gasteiger partial charge in [0.1, 0.15) is 5.75 Å². The lowest BCUT2D eigenvalue weighted by molar-refractivity contribution is -0.143. The second-order valence-corrected chi connectivity index (χ2v) is 3.61. The van der Waals surface area contributed by atoms with Gasteiger partial charge < -0.3 is 9.47 Å². The summed E-state index contributed by atoms with van der Waals surface area (Å²) in [5, 5.41) is 0. The van der Waals surface area contributed by atoms with Gasteiger partial charge in [-0.3, -0.25) is 4.79 Å². The first-order valence-corrected chi connectivity index (χ1v) is 5.46. The Morgan fingerprint density at radius 2 is 2.12 bits per heavy atom. The fourth-order valence-corrected chi connectivity index (χ4v) is 1.58. The first-order chi connectivity index (χ1) is 7.67. The van der Waals surface area contributed by atoms with Gasteiger partial charge in [-0.15, -0.1) is 0 Å². The van der Waals surface area contributed by atoms with E-state index in [2.05, 4.69) is 0 Å². The van der Waals surface area contributed by atoms with Gasteiger partial charge in [0.15, 0.2) is 0 Å². The highest BCUT2D eigenvalue weighted by molar-refractivity contribution is 5.69. The van der Waals surface area contributed by atoms with Crippen LogP contribution >= 0.6 is 0 Å². The summed E-state index contributed by atoms with van der Waals surface area (Å²) in [4.78, 5) is 11.2. The molecule has 0 saturated carbocycles. The van der Waals surface area contributed by atoms with Gasteiger partial charge in [0.05, 0.1) is 13.7 Å². The monoisotopic (exact) mass is 222 g/mol. The number of esters is 1. The molecule has 0 fully saturated rings. The average Bonchev–Trinajstić information content (AvgIpc) is 2.27. The quantitative estimate of drug-likeness (QED) is 0.718. The summed E-state index contributed by atoms with van der Waals surface area (Å²) >= 11 is 0. The van der Waals surface area contributed by atoms with Crippen molar-refractivity contribution in [3.05, 3.63) is 29.3 Å². The van der Waals surface area contributed by atoms with Crippen LogP contribution in [0.15, 0.2) is 18.2 Å². The molecule has 1 aromatic rings. The molecule has 0 aromatic heterocycles. The van der Waals surface area contributed by atoms with Crippen LogP contribution in [0.1, 0.15) is 24.5 Å². The van der Waals surface area contributed by atoms with Crippen LogP contribution in [0.25, 0.3) is 0 Å². The second-order valence-electron chi connectivity index (χ2n) is 3.61. The van der Waals surface area contributed by atoms with Gasteiger partial charge in [-0.05, 0) is 37.5 Å². The Labute approximate surface area is 96.4 Å². The lowest BCUT2D eigenvalue weighted by atomic mass is 10.1. The van der Waals surface area contributed by atoms with Gasteiger partial charge in [0.25, 0.3) is 0 Å². The van der Waals surface area contributed by atoms with Crippen LogP contribution in [0, 0.1) is 6.92 Å². The SMILES string of the molecule is CCOC(=O)CCc1ccc(OC)c(C)c1. The first kappa shape index (κ1) is 12.6. The van der Waals surface area contributed by atoms with E-state index in [1.165, 1.54) is 0 Å². The number of ether oxygens (including phenoxy) is 2. The van der Waals surface area contributed by atoms with Gasteiger partial charge in [-0.2, -0.15) is 0 Å². The van der Waals surface area contributed by atoms with E-state index in [4.69, 9.17) is 9.47 Å². The molecule has 3 nitrogen and oxygen atoms in total. The first-order valence-electron chi connectivity index (χ1n) is 5.46. The van der Waals surface area contributed by atoms with Crippen LogP contribution in [0.4, 0.5) is 0 Å². The van der Waals surface area contributed by atoms with Crippen molar-refractivity contribution >= 4 is 5.97 Å². The average molecular weight is 222 g/mol. The van der Waals surface area contributed by atoms with E-state index >= 15 is 0 Å². The molecule has 1 aromatic carbocycles. The van der Waals surface area contributed by atoms with Crippen molar-refractivity contribution in [1.29, 1.82) is 0 Å². The fraction of sp³-hybridized carbons (Fsp3) is 0.462. The summed E-state index contributed by atoms with van der Waals surface area (Å²) in [5.74, 6) is 0.732. The standard InChI is InChI=1S/C13H18O3/c1-4-16-13(14)8-6-11-5-7-12(15-3)10(2)9-11/h5,7,9H,4,6,8H2,1-3H3. The van der Waals surface area contributed by atoms with Crippen molar-refractivity contribution in [1.82, 2.24) is 0 Å². The van der Waals surface area contributed by atoms with E-state index in [-0.39, 0.29) is 5.97 Å². The molecule has 0 aliphatic heterocycles. The zero-order valence-corrected chi connectivity index (χ0v) is 10.1. The predicted molar refractivity (Wildman–Crippen MR) is 62.7 cm³/mol. The number of rotatable bonds is 5. The summed E-state index contributed by atoms with van der Waals surface area (Å²) in [5.41, 5.74) is 2.22. The lowest BCUT2D eigenvalue weighted by Gasteiger charge is -2.07. The smallest absolute Gasteiger partial charge is 0.306 e. The molecule has 0 bridgehead atoms. The van der Waals surface area contributed by atoms with Gasteiger partial charge in [0, 0.05) is 6.42 Å². The lowest BCUT2D eigenvalue weighted by Crippen LogP contribution is -2.05. The minimum atomic E-state index is -0.143. The minimum absolute atomic E-state index is 0.143. The molecular weight excluding hydrogens is 204 g/mol. The van der Waals surface area contributed by atoms with E-state index in [9.17, 15) is 4.79 Å². The van der Waals surface area contributed by atoms with Gasteiger partial charge in [-0.25, -0.2) is 0 Å². The third-order valence-corrected chi connectivity index (χ3v) is 2.38. The zero-order valence-electron chi connectivity index (χ0n) is 10.1. The molecule has 0 aliphatic rings. The van der Waals surface area contributed by atoms with Crippen LogP contribution in [0.2, 0.25) is 0 Å². The maximum Gasteiger partial charge on any atom is 0.306 e. The molecule has 0 atom stereocenters. The van der Waals surface area contributed by atoms with Crippen LogP contribution in [0.3, 0.4) is 0 Å². The summed E-state index contributed by atoms with van der Waals surface area (Å²) in [7, 11) is 1.65. The van der Waals surface area contributed by atoms with Crippen molar-refractivity contribution in [3.8, 4) is 5.75 Å². The number of aryl methyl sites for hydroxylation is 2. The third kappa shape index (κ3) is 3.57. The molecular formula is C13H18O3. The summed E-state index contributed by atoms with van der Waals surface area (Å²) < 4.78 is 10.0. The summed E-state index contributed by atoms with van der Waals surface area (Å²) in [6.45, 7) is 4.25. The van der Waals surface area contributed by atoms with Crippen LogP contribution in [-0.2, 0) is 16.0 Å². The molecule has 0 N–H and O–H groups in total. The number of carbonyl (C=O) groups excluding carboxylic acids is 1. The zero-order chi connectivity index (χ0) is 12.0. The Bertz CT molecular complexity index is 358. The number of benzene rings is 1. The van der Waals surface area contributed by atoms with E-state index in [0.29, 0.717) is 19.4 Å². The predicted octanol–water partition coefficient (Wildman–Crippen LogP) is 2.50. The summed E-state index contributed by atoms with van der Waals surface area (Å²) in [6.07, 6.45) is 1.14. The van der Waals surface area contributed by atoms with Crippen LogP contribution < -0.4 is 4.74 Å². The minimum Gasteiger partial charge on any atom is -0.496 e. The molecule has 0 aliphatic carbocycles. The number of hydrogen-bond acceptors (Lipinski definition) is 3. The highest BCUT2D eigenvalue weighted by Crippen LogP contribution is 2.19.